The molecule has 0 fully saturated rings. The molecule has 0 aromatic heterocycles. The van der Waals surface area contributed by atoms with Crippen LogP contribution in [0.2, 0.25) is 13.1 Å². The van der Waals surface area contributed by atoms with Gasteiger partial charge in [-0.05, 0) is 0 Å². The first kappa shape index (κ1) is 18.3. The van der Waals surface area contributed by atoms with Gasteiger partial charge in [0, 0.05) is 8.07 Å². The maximum absolute atomic E-state index is 3.45. The van der Waals surface area contributed by atoms with Crippen LogP contribution in [0.4, 0.5) is 0 Å². The van der Waals surface area contributed by atoms with Crippen molar-refractivity contribution in [2.45, 2.75) is 25.9 Å². The van der Waals surface area contributed by atoms with Crippen molar-refractivity contribution in [2.75, 3.05) is 0 Å². The summed E-state index contributed by atoms with van der Waals surface area (Å²) in [4.78, 5) is 0. The second-order valence-electron chi connectivity index (χ2n) is 4.02. The molecule has 0 heterocycles. The molecule has 0 amide bonds. The summed E-state index contributed by atoms with van der Waals surface area (Å²) in [6, 6.07) is 0. The second-order valence-corrected chi connectivity index (χ2v) is 8.35. The van der Waals surface area contributed by atoms with Crippen molar-refractivity contribution >= 4 is 8.07 Å². The topological polar surface area (TPSA) is 0 Å². The van der Waals surface area contributed by atoms with Crippen molar-refractivity contribution < 1.29 is 21.7 Å². The Kier molecular flexibility index (Phi) is 8.29. The fourth-order valence-electron chi connectivity index (χ4n) is 1.81. The summed E-state index contributed by atoms with van der Waals surface area (Å²) in [5.74, 6) is 0. The van der Waals surface area contributed by atoms with Gasteiger partial charge in [0.2, 0.25) is 0 Å². The molecule has 0 radical (unpaired) electrons. The third-order valence-electron chi connectivity index (χ3n) is 2.74. The fraction of sp³-hybridized carbons (Fsp3) is 0.286. The molecular formula is C14H20SiTi. The Morgan fingerprint density at radius 3 is 1.56 bits per heavy atom. The molecule has 0 aliphatic heterocycles. The van der Waals surface area contributed by atoms with Crippen LogP contribution in [0.25, 0.3) is 0 Å². The Labute approximate surface area is 117 Å². The summed E-state index contributed by atoms with van der Waals surface area (Å²) in [5.41, 5.74) is 0. The molecule has 0 saturated carbocycles. The van der Waals surface area contributed by atoms with Crippen LogP contribution in [0.5, 0.6) is 0 Å². The molecule has 0 bridgehead atoms. The van der Waals surface area contributed by atoms with E-state index in [0.29, 0.717) is 0 Å². The zero-order valence-electron chi connectivity index (χ0n) is 10.7. The average Bonchev–Trinajstić information content (AvgIpc) is 2.78. The van der Waals surface area contributed by atoms with E-state index in [1.807, 2.05) is 0 Å². The van der Waals surface area contributed by atoms with Crippen LogP contribution >= 0.6 is 0 Å². The molecule has 16 heavy (non-hydrogen) atoms. The molecule has 84 valence electrons. The van der Waals surface area contributed by atoms with E-state index in [0.717, 1.165) is 12.8 Å². The monoisotopic (exact) mass is 264 g/mol. The van der Waals surface area contributed by atoms with E-state index in [-0.39, 0.29) is 36.6 Å². The predicted molar refractivity (Wildman–Crippen MR) is 71.3 cm³/mol. The van der Waals surface area contributed by atoms with Crippen LogP contribution in [-0.2, 0) is 21.7 Å². The molecule has 2 heteroatoms. The maximum atomic E-state index is 3.45. The summed E-state index contributed by atoms with van der Waals surface area (Å²) < 4.78 is 0. The molecule has 2 aliphatic carbocycles. The number of hydrogen-bond donors (Lipinski definition) is 0. The van der Waals surface area contributed by atoms with Crippen molar-refractivity contribution in [3.8, 4) is 0 Å². The maximum Gasteiger partial charge on any atom is 4.00 e. The molecule has 0 aromatic carbocycles. The van der Waals surface area contributed by atoms with Crippen LogP contribution in [-0.4, -0.2) is 8.07 Å². The number of hydrogen-bond acceptors (Lipinski definition) is 0. The third-order valence-corrected chi connectivity index (χ3v) is 6.12. The molecule has 2 rings (SSSR count). The van der Waals surface area contributed by atoms with E-state index in [2.05, 4.69) is 49.6 Å². The van der Waals surface area contributed by atoms with Crippen LogP contribution < -0.4 is 0 Å². The molecular weight excluding hydrogens is 244 g/mol. The van der Waals surface area contributed by atoms with Gasteiger partial charge in [0.1, 0.15) is 0 Å². The van der Waals surface area contributed by atoms with Crippen LogP contribution in [0.3, 0.4) is 0 Å². The summed E-state index contributed by atoms with van der Waals surface area (Å²) in [5, 5.41) is 2.89. The van der Waals surface area contributed by atoms with E-state index >= 15 is 0 Å². The second kappa shape index (κ2) is 7.26. The summed E-state index contributed by atoms with van der Waals surface area (Å²) >= 11 is 0. The molecule has 0 atom stereocenters. The van der Waals surface area contributed by atoms with E-state index in [1.165, 1.54) is 10.4 Å². The summed E-state index contributed by atoms with van der Waals surface area (Å²) in [6.45, 7) is 4.76. The first-order chi connectivity index (χ1) is 6.21. The van der Waals surface area contributed by atoms with Gasteiger partial charge in [-0.15, -0.1) is 12.8 Å². The number of rotatable bonds is 2. The van der Waals surface area contributed by atoms with E-state index in [9.17, 15) is 0 Å². The van der Waals surface area contributed by atoms with Crippen LogP contribution in [0.15, 0.2) is 34.7 Å². The van der Waals surface area contributed by atoms with E-state index < -0.39 is 8.07 Å². The first-order valence-corrected chi connectivity index (χ1v) is 7.77. The van der Waals surface area contributed by atoms with Crippen molar-refractivity contribution in [3.05, 3.63) is 61.7 Å². The predicted octanol–water partition coefficient (Wildman–Crippen LogP) is 4.05. The zero-order valence-corrected chi connectivity index (χ0v) is 13.3. The molecule has 0 unspecified atom stereocenters. The van der Waals surface area contributed by atoms with Crippen molar-refractivity contribution in [1.29, 1.82) is 0 Å². The smallest absolute Gasteiger partial charge is 0.358 e. The SMILES string of the molecule is C[Si](C)(C1=[C-]CC=C1)C1=[C-]CC=C1.[CH3-].[CH3-].[Ti+4]. The standard InChI is InChI=1S/C12H14Si.2CH3.Ti/c1-13(2,11-7-3-4-8-11)12-9-5-6-10-12;;;/h3,5,7,9H,4,6H2,1-2H3;2*1H3;/q-2;2*-1;+4. The van der Waals surface area contributed by atoms with Gasteiger partial charge in [-0.1, -0.05) is 13.1 Å². The van der Waals surface area contributed by atoms with Gasteiger partial charge >= 0.3 is 21.7 Å². The zero-order chi connectivity index (χ0) is 9.31. The minimum absolute atomic E-state index is 0. The quantitative estimate of drug-likeness (QED) is 0.521. The van der Waals surface area contributed by atoms with E-state index in [4.69, 9.17) is 0 Å². The fourth-order valence-corrected chi connectivity index (χ4v) is 4.26. The van der Waals surface area contributed by atoms with Crippen LogP contribution in [0, 0.1) is 27.0 Å². The van der Waals surface area contributed by atoms with E-state index in [1.54, 1.807) is 0 Å². The largest absolute Gasteiger partial charge is 4.00 e. The molecule has 0 N–H and O–H groups in total. The van der Waals surface area contributed by atoms with Gasteiger partial charge in [-0.2, -0.15) is 12.2 Å². The average molecular weight is 264 g/mol. The Balaban J connectivity index is 0. The van der Waals surface area contributed by atoms with Gasteiger partial charge in [-0.25, -0.2) is 22.5 Å². The van der Waals surface area contributed by atoms with Crippen molar-refractivity contribution in [3.63, 3.8) is 0 Å². The van der Waals surface area contributed by atoms with Gasteiger partial charge < -0.3 is 14.9 Å². The minimum atomic E-state index is -1.40. The molecule has 0 spiro atoms. The van der Waals surface area contributed by atoms with Crippen LogP contribution in [0.1, 0.15) is 12.8 Å². The normalized spacial score (nSPS) is 16.9. The Morgan fingerprint density at radius 2 is 1.31 bits per heavy atom. The first-order valence-electron chi connectivity index (χ1n) is 4.77. The summed E-state index contributed by atoms with van der Waals surface area (Å²) in [7, 11) is -1.40. The van der Waals surface area contributed by atoms with Gasteiger partial charge in [-0.3, -0.25) is 12.2 Å². The van der Waals surface area contributed by atoms with Gasteiger partial charge in [0.15, 0.2) is 0 Å². The molecule has 0 nitrogen and oxygen atoms in total. The minimum Gasteiger partial charge on any atom is -0.358 e. The van der Waals surface area contributed by atoms with Gasteiger partial charge in [0.25, 0.3) is 0 Å². The molecule has 2 aliphatic rings. The van der Waals surface area contributed by atoms with Crippen molar-refractivity contribution in [2.24, 2.45) is 0 Å². The third kappa shape index (κ3) is 3.44. The Morgan fingerprint density at radius 1 is 0.938 bits per heavy atom. The van der Waals surface area contributed by atoms with Crippen molar-refractivity contribution in [1.82, 2.24) is 0 Å². The Hall–Kier alpha value is -0.109. The molecule has 0 saturated heterocycles. The summed E-state index contributed by atoms with van der Waals surface area (Å²) in [6.07, 6.45) is 17.8. The molecule has 0 aromatic rings. The van der Waals surface area contributed by atoms with Gasteiger partial charge in [0.05, 0.1) is 0 Å². The Bertz CT molecular complexity index is 301. The number of allylic oxidation sites excluding steroid dienone is 8.